The zero-order chi connectivity index (χ0) is 13.2. The van der Waals surface area contributed by atoms with Crippen LogP contribution >= 0.6 is 12.2 Å². The highest BCUT2D eigenvalue weighted by atomic mass is 32.1. The molecule has 0 amide bonds. The first-order chi connectivity index (χ1) is 8.48. The largest absolute Gasteiger partial charge is 0.390 e. The molecule has 0 aliphatic carbocycles. The Morgan fingerprint density at radius 2 is 2.22 bits per heavy atom. The number of aliphatic hydroxyl groups is 1. The molecule has 18 heavy (non-hydrogen) atoms. The summed E-state index contributed by atoms with van der Waals surface area (Å²) < 4.78 is 0. The highest BCUT2D eigenvalue weighted by molar-refractivity contribution is 7.80. The van der Waals surface area contributed by atoms with Gasteiger partial charge in [-0.1, -0.05) is 18.3 Å². The van der Waals surface area contributed by atoms with Crippen LogP contribution in [0.15, 0.2) is 18.2 Å². The van der Waals surface area contributed by atoms with Crippen molar-refractivity contribution < 1.29 is 5.11 Å². The average Bonchev–Trinajstić information content (AvgIpc) is 2.50. The normalized spacial score (nSPS) is 24.7. The molecule has 1 aromatic rings. The van der Waals surface area contributed by atoms with Crippen molar-refractivity contribution in [3.63, 3.8) is 0 Å². The van der Waals surface area contributed by atoms with Gasteiger partial charge >= 0.3 is 0 Å². The Bertz CT molecular complexity index is 448. The van der Waals surface area contributed by atoms with Crippen LogP contribution in [0.3, 0.4) is 0 Å². The molecule has 0 aromatic carbocycles. The van der Waals surface area contributed by atoms with E-state index in [-0.39, 0.29) is 0 Å². The van der Waals surface area contributed by atoms with Gasteiger partial charge in [0.25, 0.3) is 0 Å². The van der Waals surface area contributed by atoms with Gasteiger partial charge in [0, 0.05) is 13.1 Å². The third-order valence-electron chi connectivity index (χ3n) is 3.37. The van der Waals surface area contributed by atoms with Crippen molar-refractivity contribution in [3.8, 4) is 0 Å². The predicted molar refractivity (Wildman–Crippen MR) is 76.8 cm³/mol. The fourth-order valence-electron chi connectivity index (χ4n) is 2.23. The molecule has 98 valence electrons. The first kappa shape index (κ1) is 13.2. The van der Waals surface area contributed by atoms with E-state index in [2.05, 4.69) is 9.88 Å². The van der Waals surface area contributed by atoms with Crippen LogP contribution in [0.4, 0.5) is 5.82 Å². The molecule has 1 saturated heterocycles. The Labute approximate surface area is 113 Å². The van der Waals surface area contributed by atoms with Crippen LogP contribution in [0.2, 0.25) is 0 Å². The molecule has 1 fully saturated rings. The van der Waals surface area contributed by atoms with Crippen LogP contribution in [0.5, 0.6) is 0 Å². The molecular formula is C13H19N3OS. The van der Waals surface area contributed by atoms with Crippen LogP contribution < -0.4 is 10.6 Å². The summed E-state index contributed by atoms with van der Waals surface area (Å²) in [6, 6.07) is 5.70. The lowest BCUT2D eigenvalue weighted by molar-refractivity contribution is 0.0481. The molecule has 0 spiro atoms. The number of thiocarbonyl (C=S) groups is 1. The molecule has 1 unspecified atom stereocenters. The molecule has 0 saturated carbocycles. The van der Waals surface area contributed by atoms with Gasteiger partial charge in [-0.05, 0) is 38.3 Å². The van der Waals surface area contributed by atoms with Gasteiger partial charge in [0.1, 0.15) is 10.8 Å². The maximum Gasteiger partial charge on any atom is 0.129 e. The number of nitrogens with zero attached hydrogens (tertiary/aromatic N) is 2. The highest BCUT2D eigenvalue weighted by Gasteiger charge is 2.25. The van der Waals surface area contributed by atoms with Gasteiger partial charge in [-0.3, -0.25) is 0 Å². The van der Waals surface area contributed by atoms with Gasteiger partial charge in [0.15, 0.2) is 0 Å². The first-order valence-electron chi connectivity index (χ1n) is 6.22. The van der Waals surface area contributed by atoms with E-state index in [1.54, 1.807) is 0 Å². The Morgan fingerprint density at radius 1 is 1.44 bits per heavy atom. The second kappa shape index (κ2) is 5.20. The monoisotopic (exact) mass is 265 g/mol. The van der Waals surface area contributed by atoms with E-state index in [4.69, 9.17) is 18.0 Å². The second-order valence-corrected chi connectivity index (χ2v) is 5.52. The Hall–Kier alpha value is -1.20. The van der Waals surface area contributed by atoms with Gasteiger partial charge in [-0.2, -0.15) is 0 Å². The predicted octanol–water partition coefficient (Wildman–Crippen LogP) is 1.46. The highest BCUT2D eigenvalue weighted by Crippen LogP contribution is 2.24. The third-order valence-corrected chi connectivity index (χ3v) is 3.58. The van der Waals surface area contributed by atoms with Crippen LogP contribution in [0, 0.1) is 0 Å². The van der Waals surface area contributed by atoms with Crippen molar-refractivity contribution in [2.75, 3.05) is 18.0 Å². The minimum atomic E-state index is -0.560. The maximum atomic E-state index is 10.1. The average molecular weight is 265 g/mol. The number of aromatic nitrogens is 1. The zero-order valence-corrected chi connectivity index (χ0v) is 11.4. The Kier molecular flexibility index (Phi) is 3.82. The van der Waals surface area contributed by atoms with E-state index in [0.717, 1.165) is 38.2 Å². The zero-order valence-electron chi connectivity index (χ0n) is 10.6. The lowest BCUT2D eigenvalue weighted by Gasteiger charge is -2.23. The lowest BCUT2D eigenvalue weighted by atomic mass is 9.98. The number of hydrogen-bond donors (Lipinski definition) is 2. The van der Waals surface area contributed by atoms with E-state index in [1.165, 1.54) is 0 Å². The molecule has 3 N–H and O–H groups in total. The summed E-state index contributed by atoms with van der Waals surface area (Å²) in [6.45, 7) is 3.61. The molecular weight excluding hydrogens is 246 g/mol. The molecule has 1 aromatic heterocycles. The summed E-state index contributed by atoms with van der Waals surface area (Å²) in [5, 5.41) is 10.1. The fourth-order valence-corrected chi connectivity index (χ4v) is 2.34. The summed E-state index contributed by atoms with van der Waals surface area (Å²) in [5.74, 6) is 0.887. The second-order valence-electron chi connectivity index (χ2n) is 5.08. The minimum absolute atomic E-state index is 0.318. The third kappa shape index (κ3) is 3.17. The molecule has 1 aliphatic rings. The molecule has 0 bridgehead atoms. The van der Waals surface area contributed by atoms with Crippen molar-refractivity contribution in [3.05, 3.63) is 23.9 Å². The Balaban J connectivity index is 2.16. The molecule has 1 aliphatic heterocycles. The number of anilines is 1. The molecule has 2 rings (SSSR count). The van der Waals surface area contributed by atoms with Crippen molar-refractivity contribution >= 4 is 23.0 Å². The summed E-state index contributed by atoms with van der Waals surface area (Å²) >= 11 is 4.94. The SMILES string of the molecule is CC1(O)CCCN(c2cccc(C(N)=S)n2)CC1. The van der Waals surface area contributed by atoms with Crippen LogP contribution in [-0.2, 0) is 0 Å². The quantitative estimate of drug-likeness (QED) is 0.793. The van der Waals surface area contributed by atoms with Crippen molar-refractivity contribution in [1.82, 2.24) is 4.98 Å². The summed E-state index contributed by atoms with van der Waals surface area (Å²) in [5.41, 5.74) is 5.69. The van der Waals surface area contributed by atoms with E-state index in [1.807, 2.05) is 25.1 Å². The van der Waals surface area contributed by atoms with Gasteiger partial charge in [0.2, 0.25) is 0 Å². The van der Waals surface area contributed by atoms with Crippen molar-refractivity contribution in [2.45, 2.75) is 31.8 Å². The van der Waals surface area contributed by atoms with E-state index >= 15 is 0 Å². The van der Waals surface area contributed by atoms with Gasteiger partial charge < -0.3 is 15.7 Å². The van der Waals surface area contributed by atoms with Crippen LogP contribution in [0.1, 0.15) is 31.9 Å². The van der Waals surface area contributed by atoms with Gasteiger partial charge in [0.05, 0.1) is 11.3 Å². The smallest absolute Gasteiger partial charge is 0.129 e. The summed E-state index contributed by atoms with van der Waals surface area (Å²) in [6.07, 6.45) is 2.55. The number of nitrogens with two attached hydrogens (primary N) is 1. The molecule has 5 heteroatoms. The van der Waals surface area contributed by atoms with Crippen LogP contribution in [-0.4, -0.2) is 33.8 Å². The number of rotatable bonds is 2. The topological polar surface area (TPSA) is 62.4 Å². The summed E-state index contributed by atoms with van der Waals surface area (Å²) in [7, 11) is 0. The maximum absolute atomic E-state index is 10.1. The minimum Gasteiger partial charge on any atom is -0.390 e. The van der Waals surface area contributed by atoms with E-state index in [9.17, 15) is 5.11 Å². The molecule has 1 atom stereocenters. The van der Waals surface area contributed by atoms with Crippen LogP contribution in [0.25, 0.3) is 0 Å². The first-order valence-corrected chi connectivity index (χ1v) is 6.63. The molecule has 2 heterocycles. The number of hydrogen-bond acceptors (Lipinski definition) is 4. The van der Waals surface area contributed by atoms with Crippen molar-refractivity contribution in [2.24, 2.45) is 5.73 Å². The van der Waals surface area contributed by atoms with Crippen molar-refractivity contribution in [1.29, 1.82) is 0 Å². The number of pyridine rings is 1. The fraction of sp³-hybridized carbons (Fsp3) is 0.538. The van der Waals surface area contributed by atoms with Gasteiger partial charge in [-0.25, -0.2) is 4.98 Å². The standard InChI is InChI=1S/C13H19N3OS/c1-13(17)6-3-8-16(9-7-13)11-5-2-4-10(15-11)12(14)18/h2,4-5,17H,3,6-9H2,1H3,(H2,14,18). The van der Waals surface area contributed by atoms with Gasteiger partial charge in [-0.15, -0.1) is 0 Å². The molecule has 4 nitrogen and oxygen atoms in total. The Morgan fingerprint density at radius 3 is 2.94 bits per heavy atom. The summed E-state index contributed by atoms with van der Waals surface area (Å²) in [4.78, 5) is 6.97. The molecule has 0 radical (unpaired) electrons. The van der Waals surface area contributed by atoms with E-state index < -0.39 is 5.60 Å². The van der Waals surface area contributed by atoms with E-state index in [0.29, 0.717) is 10.7 Å². The lowest BCUT2D eigenvalue weighted by Crippen LogP contribution is -2.29.